The van der Waals surface area contributed by atoms with Gasteiger partial charge in [-0.2, -0.15) is 0 Å². The van der Waals surface area contributed by atoms with Crippen LogP contribution < -0.4 is 10.5 Å². The number of aryl methyl sites for hydroxylation is 1. The van der Waals surface area contributed by atoms with Gasteiger partial charge in [0, 0.05) is 11.1 Å². The monoisotopic (exact) mass is 215 g/mol. The predicted molar refractivity (Wildman–Crippen MR) is 67.2 cm³/mol. The van der Waals surface area contributed by atoms with Gasteiger partial charge in [-0.15, -0.1) is 0 Å². The average molecular weight is 215 g/mol. The Bertz CT molecular complexity index is 480. The van der Waals surface area contributed by atoms with Crippen molar-refractivity contribution in [3.8, 4) is 5.75 Å². The van der Waals surface area contributed by atoms with Crippen LogP contribution in [0.5, 0.6) is 5.75 Å². The quantitative estimate of drug-likeness (QED) is 0.781. The highest BCUT2D eigenvalue weighted by Gasteiger charge is 2.16. The Morgan fingerprint density at radius 2 is 2.12 bits per heavy atom. The van der Waals surface area contributed by atoms with E-state index in [0.717, 1.165) is 22.6 Å². The molecule has 0 saturated heterocycles. The van der Waals surface area contributed by atoms with Crippen molar-refractivity contribution in [2.45, 2.75) is 20.8 Å². The van der Waals surface area contributed by atoms with E-state index in [9.17, 15) is 0 Å². The minimum atomic E-state index is 0.482. The molecule has 1 aliphatic heterocycles. The Kier molecular flexibility index (Phi) is 2.73. The molecule has 0 radical (unpaired) electrons. The number of rotatable bonds is 1. The zero-order valence-corrected chi connectivity index (χ0v) is 10.0. The van der Waals surface area contributed by atoms with Crippen LogP contribution in [0.25, 0.3) is 5.57 Å². The molecule has 2 nitrogen and oxygen atoms in total. The van der Waals surface area contributed by atoms with Crippen LogP contribution >= 0.6 is 0 Å². The molecule has 0 spiro atoms. The molecule has 1 aliphatic rings. The molecule has 0 aromatic heterocycles. The van der Waals surface area contributed by atoms with Crippen molar-refractivity contribution in [2.24, 2.45) is 5.73 Å². The van der Waals surface area contributed by atoms with Crippen molar-refractivity contribution in [1.82, 2.24) is 0 Å². The number of allylic oxidation sites excluding steroid dienone is 3. The summed E-state index contributed by atoms with van der Waals surface area (Å²) in [6.45, 7) is 6.69. The van der Waals surface area contributed by atoms with E-state index in [-0.39, 0.29) is 0 Å². The van der Waals surface area contributed by atoms with Gasteiger partial charge in [0.2, 0.25) is 0 Å². The number of benzene rings is 1. The molecule has 2 rings (SSSR count). The van der Waals surface area contributed by atoms with Crippen molar-refractivity contribution in [3.05, 3.63) is 46.7 Å². The Balaban J connectivity index is 2.56. The third-order valence-corrected chi connectivity index (χ3v) is 2.59. The second-order valence-corrected chi connectivity index (χ2v) is 4.45. The molecule has 0 atom stereocenters. The second kappa shape index (κ2) is 4.05. The summed E-state index contributed by atoms with van der Waals surface area (Å²) in [6.07, 6.45) is 2.12. The van der Waals surface area contributed by atoms with Crippen molar-refractivity contribution in [2.75, 3.05) is 6.61 Å². The Labute approximate surface area is 96.4 Å². The molecule has 0 fully saturated rings. The standard InChI is InChI=1S/C14H17NO/c1-9(2)6-12-11-5-4-10(3)7-14(11)16-8-13(12)15/h4-7H,8,15H2,1-3H3. The molecule has 1 heterocycles. The molecule has 1 aromatic carbocycles. The largest absolute Gasteiger partial charge is 0.487 e. The summed E-state index contributed by atoms with van der Waals surface area (Å²) >= 11 is 0. The summed E-state index contributed by atoms with van der Waals surface area (Å²) in [6, 6.07) is 6.21. The predicted octanol–water partition coefficient (Wildman–Crippen LogP) is 3.02. The third-order valence-electron chi connectivity index (χ3n) is 2.59. The molecular weight excluding hydrogens is 198 g/mol. The first-order valence-corrected chi connectivity index (χ1v) is 5.45. The average Bonchev–Trinajstić information content (AvgIpc) is 2.22. The van der Waals surface area contributed by atoms with E-state index in [4.69, 9.17) is 10.5 Å². The van der Waals surface area contributed by atoms with E-state index >= 15 is 0 Å². The van der Waals surface area contributed by atoms with Crippen LogP contribution in [0.15, 0.2) is 35.5 Å². The summed E-state index contributed by atoms with van der Waals surface area (Å²) in [5.74, 6) is 0.932. The highest BCUT2D eigenvalue weighted by Crippen LogP contribution is 2.33. The highest BCUT2D eigenvalue weighted by atomic mass is 16.5. The van der Waals surface area contributed by atoms with E-state index in [1.54, 1.807) is 0 Å². The molecule has 2 N–H and O–H groups in total. The van der Waals surface area contributed by atoms with Gasteiger partial charge in [-0.1, -0.05) is 23.8 Å². The van der Waals surface area contributed by atoms with Gasteiger partial charge in [0.1, 0.15) is 12.4 Å². The van der Waals surface area contributed by atoms with Crippen LogP contribution in [0.3, 0.4) is 0 Å². The lowest BCUT2D eigenvalue weighted by atomic mass is 9.97. The topological polar surface area (TPSA) is 35.2 Å². The first-order valence-electron chi connectivity index (χ1n) is 5.45. The molecule has 84 valence electrons. The molecule has 2 heteroatoms. The van der Waals surface area contributed by atoms with Crippen molar-refractivity contribution >= 4 is 5.57 Å². The van der Waals surface area contributed by atoms with E-state index < -0.39 is 0 Å². The van der Waals surface area contributed by atoms with Gasteiger partial charge in [0.25, 0.3) is 0 Å². The van der Waals surface area contributed by atoms with E-state index in [2.05, 4.69) is 45.0 Å². The Morgan fingerprint density at radius 3 is 2.81 bits per heavy atom. The van der Waals surface area contributed by atoms with E-state index in [0.29, 0.717) is 6.61 Å². The van der Waals surface area contributed by atoms with Crippen molar-refractivity contribution in [1.29, 1.82) is 0 Å². The molecule has 0 amide bonds. The summed E-state index contributed by atoms with van der Waals surface area (Å²) in [7, 11) is 0. The molecule has 0 bridgehead atoms. The molecule has 0 saturated carbocycles. The maximum Gasteiger partial charge on any atom is 0.128 e. The number of hydrogen-bond donors (Lipinski definition) is 1. The van der Waals surface area contributed by atoms with E-state index in [1.807, 2.05) is 0 Å². The molecular formula is C14H17NO. The third kappa shape index (κ3) is 1.96. The SMILES string of the molecule is CC(C)=CC1=C(N)COc2cc(C)ccc21. The summed E-state index contributed by atoms with van der Waals surface area (Å²) in [5, 5.41) is 0. The molecule has 1 aromatic rings. The number of fused-ring (bicyclic) bond motifs is 1. The van der Waals surface area contributed by atoms with Crippen molar-refractivity contribution < 1.29 is 4.74 Å². The second-order valence-electron chi connectivity index (χ2n) is 4.45. The van der Waals surface area contributed by atoms with Gasteiger partial charge < -0.3 is 10.5 Å². The minimum Gasteiger partial charge on any atom is -0.487 e. The smallest absolute Gasteiger partial charge is 0.128 e. The van der Waals surface area contributed by atoms with Crippen LogP contribution in [0.2, 0.25) is 0 Å². The lowest BCUT2D eigenvalue weighted by Gasteiger charge is -2.21. The van der Waals surface area contributed by atoms with Gasteiger partial charge in [-0.3, -0.25) is 0 Å². The Morgan fingerprint density at radius 1 is 1.38 bits per heavy atom. The number of hydrogen-bond acceptors (Lipinski definition) is 2. The van der Waals surface area contributed by atoms with Gasteiger partial charge in [0.05, 0.1) is 5.70 Å². The minimum absolute atomic E-state index is 0.482. The van der Waals surface area contributed by atoms with Gasteiger partial charge >= 0.3 is 0 Å². The first kappa shape index (κ1) is 10.8. The molecule has 0 unspecified atom stereocenters. The maximum atomic E-state index is 5.99. The van der Waals surface area contributed by atoms with Gasteiger partial charge in [-0.25, -0.2) is 0 Å². The molecule has 16 heavy (non-hydrogen) atoms. The first-order chi connectivity index (χ1) is 7.58. The zero-order valence-electron chi connectivity index (χ0n) is 10.0. The van der Waals surface area contributed by atoms with Crippen LogP contribution in [0.4, 0.5) is 0 Å². The van der Waals surface area contributed by atoms with E-state index in [1.165, 1.54) is 11.1 Å². The summed E-state index contributed by atoms with van der Waals surface area (Å²) in [4.78, 5) is 0. The normalized spacial score (nSPS) is 14.2. The van der Waals surface area contributed by atoms with Crippen LogP contribution in [0.1, 0.15) is 25.0 Å². The Hall–Kier alpha value is -1.70. The fraction of sp³-hybridized carbons (Fsp3) is 0.286. The lowest BCUT2D eigenvalue weighted by molar-refractivity contribution is 0.344. The molecule has 0 aliphatic carbocycles. The lowest BCUT2D eigenvalue weighted by Crippen LogP contribution is -2.16. The fourth-order valence-corrected chi connectivity index (χ4v) is 1.84. The zero-order chi connectivity index (χ0) is 11.7. The van der Waals surface area contributed by atoms with Gasteiger partial charge in [-0.05, 0) is 32.4 Å². The number of ether oxygens (including phenoxy) is 1. The van der Waals surface area contributed by atoms with Crippen LogP contribution in [-0.2, 0) is 0 Å². The summed E-state index contributed by atoms with van der Waals surface area (Å²) < 4.78 is 5.62. The fourth-order valence-electron chi connectivity index (χ4n) is 1.84. The van der Waals surface area contributed by atoms with Crippen LogP contribution in [0, 0.1) is 6.92 Å². The number of nitrogens with two attached hydrogens (primary N) is 1. The highest BCUT2D eigenvalue weighted by molar-refractivity contribution is 5.81. The van der Waals surface area contributed by atoms with Crippen molar-refractivity contribution in [3.63, 3.8) is 0 Å². The maximum absolute atomic E-state index is 5.99. The van der Waals surface area contributed by atoms with Gasteiger partial charge in [0.15, 0.2) is 0 Å². The van der Waals surface area contributed by atoms with Crippen LogP contribution in [-0.4, -0.2) is 6.61 Å². The summed E-state index contributed by atoms with van der Waals surface area (Å²) in [5.41, 5.74) is 11.4.